The molecule has 1 aromatic heterocycles. The second-order valence-electron chi connectivity index (χ2n) is 8.77. The summed E-state index contributed by atoms with van der Waals surface area (Å²) in [6.45, 7) is 4.86. The Labute approximate surface area is 192 Å². The molecule has 0 bridgehead atoms. The van der Waals surface area contributed by atoms with Gasteiger partial charge in [-0.2, -0.15) is 4.31 Å². The van der Waals surface area contributed by atoms with Crippen LogP contribution in [0.1, 0.15) is 50.9 Å². The number of piperidine rings is 1. The number of quaternary nitrogens is 1. The summed E-state index contributed by atoms with van der Waals surface area (Å²) < 4.78 is 27.3. The molecule has 1 fully saturated rings. The highest BCUT2D eigenvalue weighted by Gasteiger charge is 2.30. The molecular formula is C22H29N4O4S2+. The number of fused-ring (bicyclic) bond motifs is 1. The Kier molecular flexibility index (Phi) is 6.39. The number of benzene rings is 1. The maximum Gasteiger partial charge on any atom is 0.256 e. The summed E-state index contributed by atoms with van der Waals surface area (Å²) in [5.74, 6) is -0.417. The van der Waals surface area contributed by atoms with Gasteiger partial charge >= 0.3 is 0 Å². The van der Waals surface area contributed by atoms with Crippen LogP contribution in [0.2, 0.25) is 0 Å². The molecule has 32 heavy (non-hydrogen) atoms. The standard InChI is InChI=1S/C22H28N4O4S2/c1-14-7-11-26(12-8-14)32(29,30)16-5-3-15(4-6-16)21(28)24-22-19(20(23)27)17-9-10-25(2)13-18(17)31-22/h3-6,14H,7-13H2,1-2H3,(H2,23,27)(H,24,28)/p+1. The number of nitrogens with one attached hydrogen (secondary N) is 2. The van der Waals surface area contributed by atoms with E-state index >= 15 is 0 Å². The molecule has 0 aliphatic carbocycles. The van der Waals surface area contributed by atoms with Crippen molar-refractivity contribution >= 4 is 38.2 Å². The van der Waals surface area contributed by atoms with Crippen LogP contribution >= 0.6 is 11.3 Å². The van der Waals surface area contributed by atoms with Gasteiger partial charge < -0.3 is 16.0 Å². The quantitative estimate of drug-likeness (QED) is 0.598. The summed E-state index contributed by atoms with van der Waals surface area (Å²) in [5, 5.41) is 3.28. The third-order valence-electron chi connectivity index (χ3n) is 6.33. The molecule has 0 radical (unpaired) electrons. The lowest BCUT2D eigenvalue weighted by atomic mass is 10.0. The van der Waals surface area contributed by atoms with Crippen LogP contribution in [0.5, 0.6) is 0 Å². The summed E-state index contributed by atoms with van der Waals surface area (Å²) in [4.78, 5) is 27.5. The minimum Gasteiger partial charge on any atom is -0.365 e. The van der Waals surface area contributed by atoms with Crippen LogP contribution in [0.4, 0.5) is 5.00 Å². The van der Waals surface area contributed by atoms with E-state index in [1.807, 2.05) is 0 Å². The number of nitrogens with zero attached hydrogens (tertiary/aromatic N) is 1. The van der Waals surface area contributed by atoms with Crippen molar-refractivity contribution in [2.45, 2.75) is 37.6 Å². The molecule has 8 nitrogen and oxygen atoms in total. The predicted octanol–water partition coefficient (Wildman–Crippen LogP) is 1.09. The first-order chi connectivity index (χ1) is 15.2. The van der Waals surface area contributed by atoms with Crippen molar-refractivity contribution in [3.63, 3.8) is 0 Å². The molecule has 2 aliphatic rings. The highest BCUT2D eigenvalue weighted by molar-refractivity contribution is 7.89. The van der Waals surface area contributed by atoms with Gasteiger partial charge in [-0.25, -0.2) is 8.42 Å². The summed E-state index contributed by atoms with van der Waals surface area (Å²) in [5.41, 5.74) is 7.26. The number of thiophene rings is 1. The molecule has 3 heterocycles. The minimum atomic E-state index is -3.57. The average Bonchev–Trinajstić information content (AvgIpc) is 3.11. The molecule has 1 aromatic carbocycles. The molecule has 0 spiro atoms. The van der Waals surface area contributed by atoms with Crippen LogP contribution in [-0.4, -0.2) is 51.2 Å². The Morgan fingerprint density at radius 1 is 1.19 bits per heavy atom. The van der Waals surface area contributed by atoms with Gasteiger partial charge in [0.1, 0.15) is 11.5 Å². The van der Waals surface area contributed by atoms with Crippen molar-refractivity contribution in [2.75, 3.05) is 32.0 Å². The second kappa shape index (κ2) is 8.93. The maximum absolute atomic E-state index is 12.9. The SMILES string of the molecule is CC1CCN(S(=O)(=O)c2ccc(C(=O)Nc3sc4c(c3C(N)=O)CC[NH+](C)C4)cc2)CC1. The zero-order valence-electron chi connectivity index (χ0n) is 18.3. The lowest BCUT2D eigenvalue weighted by Gasteiger charge is -2.29. The molecule has 1 unspecified atom stereocenters. The Balaban J connectivity index is 1.52. The minimum absolute atomic E-state index is 0.180. The fourth-order valence-electron chi connectivity index (χ4n) is 4.30. The molecule has 0 saturated carbocycles. The third-order valence-corrected chi connectivity index (χ3v) is 9.39. The number of carbonyl (C=O) groups excluding carboxylic acids is 2. The Morgan fingerprint density at radius 3 is 2.47 bits per heavy atom. The van der Waals surface area contributed by atoms with E-state index in [4.69, 9.17) is 5.73 Å². The molecule has 172 valence electrons. The summed E-state index contributed by atoms with van der Waals surface area (Å²) in [6.07, 6.45) is 2.45. The Hall–Kier alpha value is -2.27. The van der Waals surface area contributed by atoms with Crippen molar-refractivity contribution in [2.24, 2.45) is 11.7 Å². The molecule has 2 aromatic rings. The number of rotatable bonds is 5. The first kappa shape index (κ1) is 22.9. The molecule has 2 amide bonds. The van der Waals surface area contributed by atoms with E-state index in [1.54, 1.807) is 0 Å². The number of anilines is 1. The van der Waals surface area contributed by atoms with Crippen molar-refractivity contribution in [1.29, 1.82) is 0 Å². The van der Waals surface area contributed by atoms with Crippen LogP contribution in [0, 0.1) is 5.92 Å². The van der Waals surface area contributed by atoms with Gasteiger partial charge in [0.2, 0.25) is 10.0 Å². The van der Waals surface area contributed by atoms with Crippen LogP contribution in [-0.2, 0) is 23.0 Å². The molecule has 1 saturated heterocycles. The lowest BCUT2D eigenvalue weighted by Crippen LogP contribution is -3.08. The Morgan fingerprint density at radius 2 is 1.84 bits per heavy atom. The van der Waals surface area contributed by atoms with Crippen molar-refractivity contribution < 1.29 is 22.9 Å². The van der Waals surface area contributed by atoms with Crippen LogP contribution in [0.15, 0.2) is 29.2 Å². The molecule has 10 heteroatoms. The normalized spacial score (nSPS) is 20.0. The number of amides is 2. The van der Waals surface area contributed by atoms with E-state index in [0.29, 0.717) is 35.1 Å². The summed E-state index contributed by atoms with van der Waals surface area (Å²) >= 11 is 1.39. The van der Waals surface area contributed by atoms with E-state index in [2.05, 4.69) is 19.3 Å². The van der Waals surface area contributed by atoms with Crippen LogP contribution in [0.3, 0.4) is 0 Å². The Bertz CT molecular complexity index is 1130. The van der Waals surface area contributed by atoms with Gasteiger partial charge in [-0.1, -0.05) is 6.92 Å². The van der Waals surface area contributed by atoms with Crippen molar-refractivity contribution in [1.82, 2.24) is 4.31 Å². The van der Waals surface area contributed by atoms with Gasteiger partial charge in [0, 0.05) is 25.1 Å². The number of nitrogens with two attached hydrogens (primary N) is 1. The fraction of sp³-hybridized carbons (Fsp3) is 0.455. The number of primary amides is 1. The molecule has 2 aliphatic heterocycles. The van der Waals surface area contributed by atoms with Gasteiger partial charge in [0.05, 0.1) is 28.9 Å². The molecule has 4 N–H and O–H groups in total. The highest BCUT2D eigenvalue weighted by atomic mass is 32.2. The fourth-order valence-corrected chi connectivity index (χ4v) is 7.13. The average molecular weight is 478 g/mol. The topological polar surface area (TPSA) is 114 Å². The molecule has 4 rings (SSSR count). The lowest BCUT2D eigenvalue weighted by molar-refractivity contribution is -0.895. The van der Waals surface area contributed by atoms with Crippen molar-refractivity contribution in [3.05, 3.63) is 45.8 Å². The van der Waals surface area contributed by atoms with Crippen LogP contribution < -0.4 is 16.0 Å². The van der Waals surface area contributed by atoms with Gasteiger partial charge in [0.15, 0.2) is 0 Å². The van der Waals surface area contributed by atoms with E-state index in [0.717, 1.165) is 42.8 Å². The molecule has 1 atom stereocenters. The van der Waals surface area contributed by atoms with Gasteiger partial charge in [-0.3, -0.25) is 9.59 Å². The van der Waals surface area contributed by atoms with E-state index < -0.39 is 21.8 Å². The van der Waals surface area contributed by atoms with Gasteiger partial charge in [-0.15, -0.1) is 11.3 Å². The number of likely N-dealkylation sites (N-methyl/N-ethyl adjacent to an activating group) is 1. The highest BCUT2D eigenvalue weighted by Crippen LogP contribution is 2.34. The molecular weight excluding hydrogens is 448 g/mol. The number of carbonyl (C=O) groups is 2. The van der Waals surface area contributed by atoms with E-state index in [-0.39, 0.29) is 4.90 Å². The van der Waals surface area contributed by atoms with Gasteiger partial charge in [-0.05, 0) is 48.6 Å². The smallest absolute Gasteiger partial charge is 0.256 e. The van der Waals surface area contributed by atoms with Crippen LogP contribution in [0.25, 0.3) is 0 Å². The second-order valence-corrected chi connectivity index (χ2v) is 11.8. The number of hydrogen-bond acceptors (Lipinski definition) is 5. The van der Waals surface area contributed by atoms with Crippen molar-refractivity contribution in [3.8, 4) is 0 Å². The van der Waals surface area contributed by atoms with E-state index in [1.165, 1.54) is 44.8 Å². The first-order valence-electron chi connectivity index (χ1n) is 10.8. The zero-order valence-corrected chi connectivity index (χ0v) is 19.9. The first-order valence-corrected chi connectivity index (χ1v) is 13.1. The monoisotopic (exact) mass is 477 g/mol. The summed E-state index contributed by atoms with van der Waals surface area (Å²) in [7, 11) is -1.48. The summed E-state index contributed by atoms with van der Waals surface area (Å²) in [6, 6.07) is 5.94. The number of sulfonamides is 1. The number of hydrogen-bond donors (Lipinski definition) is 3. The maximum atomic E-state index is 12.9. The largest absolute Gasteiger partial charge is 0.365 e. The zero-order chi connectivity index (χ0) is 23.0. The van der Waals surface area contributed by atoms with E-state index in [9.17, 15) is 18.0 Å². The third kappa shape index (κ3) is 4.45. The van der Waals surface area contributed by atoms with Gasteiger partial charge in [0.25, 0.3) is 11.8 Å². The predicted molar refractivity (Wildman–Crippen MR) is 124 cm³/mol.